The maximum absolute atomic E-state index is 12.1. The minimum atomic E-state index is -0.146. The standard InChI is InChI=1S/C14H13BrN2O/c1-9-4-3-7-16-13(9)17-14(18)11-5-6-12(15)10(2)8-11/h3-8H,1-2H3,(H,16,17,18). The molecule has 2 rings (SSSR count). The van der Waals surface area contributed by atoms with Crippen LogP contribution in [0.4, 0.5) is 5.82 Å². The van der Waals surface area contributed by atoms with Crippen LogP contribution in [0.15, 0.2) is 41.0 Å². The first-order valence-corrected chi connectivity index (χ1v) is 6.36. The van der Waals surface area contributed by atoms with Gasteiger partial charge < -0.3 is 5.32 Å². The van der Waals surface area contributed by atoms with Gasteiger partial charge in [0.15, 0.2) is 0 Å². The largest absolute Gasteiger partial charge is 0.306 e. The number of anilines is 1. The van der Waals surface area contributed by atoms with E-state index in [1.54, 1.807) is 12.3 Å². The van der Waals surface area contributed by atoms with E-state index in [2.05, 4.69) is 26.2 Å². The second kappa shape index (κ2) is 5.31. The highest BCUT2D eigenvalue weighted by Gasteiger charge is 2.09. The molecule has 0 aliphatic carbocycles. The number of nitrogens with zero attached hydrogens (tertiary/aromatic N) is 1. The molecule has 0 fully saturated rings. The minimum Gasteiger partial charge on any atom is -0.306 e. The van der Waals surface area contributed by atoms with Crippen LogP contribution in [0.5, 0.6) is 0 Å². The Morgan fingerprint density at radius 1 is 1.22 bits per heavy atom. The summed E-state index contributed by atoms with van der Waals surface area (Å²) in [6, 6.07) is 9.25. The number of benzene rings is 1. The fraction of sp³-hybridized carbons (Fsp3) is 0.143. The van der Waals surface area contributed by atoms with Crippen LogP contribution in [-0.4, -0.2) is 10.9 Å². The Morgan fingerprint density at radius 3 is 2.67 bits per heavy atom. The maximum Gasteiger partial charge on any atom is 0.256 e. The number of amides is 1. The molecule has 0 aliphatic rings. The first-order valence-electron chi connectivity index (χ1n) is 5.57. The zero-order chi connectivity index (χ0) is 13.1. The Morgan fingerprint density at radius 2 is 2.00 bits per heavy atom. The van der Waals surface area contributed by atoms with Crippen LogP contribution in [-0.2, 0) is 0 Å². The van der Waals surface area contributed by atoms with Gasteiger partial charge in [0.25, 0.3) is 5.91 Å². The van der Waals surface area contributed by atoms with Crippen molar-refractivity contribution in [2.45, 2.75) is 13.8 Å². The molecule has 1 amide bonds. The number of hydrogen-bond donors (Lipinski definition) is 1. The lowest BCUT2D eigenvalue weighted by Crippen LogP contribution is -2.14. The van der Waals surface area contributed by atoms with Crippen molar-refractivity contribution in [1.29, 1.82) is 0 Å². The van der Waals surface area contributed by atoms with Crippen LogP contribution < -0.4 is 5.32 Å². The van der Waals surface area contributed by atoms with E-state index in [1.165, 1.54) is 0 Å². The van der Waals surface area contributed by atoms with Gasteiger partial charge >= 0.3 is 0 Å². The molecule has 0 saturated heterocycles. The molecule has 1 aromatic heterocycles. The number of hydrogen-bond acceptors (Lipinski definition) is 2. The Hall–Kier alpha value is -1.68. The van der Waals surface area contributed by atoms with Gasteiger partial charge in [-0.3, -0.25) is 4.79 Å². The first-order chi connectivity index (χ1) is 8.58. The summed E-state index contributed by atoms with van der Waals surface area (Å²) in [5.74, 6) is 0.454. The molecule has 3 nitrogen and oxygen atoms in total. The quantitative estimate of drug-likeness (QED) is 0.919. The monoisotopic (exact) mass is 304 g/mol. The summed E-state index contributed by atoms with van der Waals surface area (Å²) in [6.45, 7) is 3.86. The molecule has 0 unspecified atom stereocenters. The van der Waals surface area contributed by atoms with Gasteiger partial charge in [-0.15, -0.1) is 0 Å². The van der Waals surface area contributed by atoms with Crippen LogP contribution in [0.1, 0.15) is 21.5 Å². The molecule has 18 heavy (non-hydrogen) atoms. The third-order valence-corrected chi connectivity index (χ3v) is 3.55. The zero-order valence-electron chi connectivity index (χ0n) is 10.2. The summed E-state index contributed by atoms with van der Waals surface area (Å²) in [5.41, 5.74) is 2.60. The van der Waals surface area contributed by atoms with Crippen molar-refractivity contribution >= 4 is 27.7 Å². The molecule has 0 bridgehead atoms. The Kier molecular flexibility index (Phi) is 3.77. The Balaban J connectivity index is 2.22. The SMILES string of the molecule is Cc1cc(C(=O)Nc2ncccc2C)ccc1Br. The highest BCUT2D eigenvalue weighted by Crippen LogP contribution is 2.18. The lowest BCUT2D eigenvalue weighted by atomic mass is 10.1. The summed E-state index contributed by atoms with van der Waals surface area (Å²) >= 11 is 3.41. The lowest BCUT2D eigenvalue weighted by molar-refractivity contribution is 0.102. The number of halogens is 1. The van der Waals surface area contributed by atoms with Gasteiger partial charge in [0.2, 0.25) is 0 Å². The number of nitrogens with one attached hydrogen (secondary N) is 1. The Bertz CT molecular complexity index is 596. The average Bonchev–Trinajstić information content (AvgIpc) is 2.35. The van der Waals surface area contributed by atoms with Crippen molar-refractivity contribution in [2.24, 2.45) is 0 Å². The summed E-state index contributed by atoms with van der Waals surface area (Å²) in [5, 5.41) is 2.81. The second-order valence-corrected chi connectivity index (χ2v) is 4.94. The van der Waals surface area contributed by atoms with E-state index in [1.807, 2.05) is 38.1 Å². The third-order valence-electron chi connectivity index (χ3n) is 2.66. The van der Waals surface area contributed by atoms with E-state index >= 15 is 0 Å². The smallest absolute Gasteiger partial charge is 0.256 e. The predicted molar refractivity (Wildman–Crippen MR) is 75.8 cm³/mol. The van der Waals surface area contributed by atoms with E-state index in [4.69, 9.17) is 0 Å². The lowest BCUT2D eigenvalue weighted by Gasteiger charge is -2.08. The normalized spacial score (nSPS) is 10.2. The van der Waals surface area contributed by atoms with E-state index in [-0.39, 0.29) is 5.91 Å². The van der Waals surface area contributed by atoms with Gasteiger partial charge in [-0.05, 0) is 49.2 Å². The second-order valence-electron chi connectivity index (χ2n) is 4.09. The summed E-state index contributed by atoms with van der Waals surface area (Å²) in [7, 11) is 0. The molecular weight excluding hydrogens is 292 g/mol. The van der Waals surface area contributed by atoms with Crippen molar-refractivity contribution in [2.75, 3.05) is 5.32 Å². The number of rotatable bonds is 2. The topological polar surface area (TPSA) is 42.0 Å². The number of carbonyl (C=O) groups is 1. The summed E-state index contributed by atoms with van der Waals surface area (Å²) < 4.78 is 0.994. The molecule has 0 radical (unpaired) electrons. The van der Waals surface area contributed by atoms with Crippen LogP contribution in [0.2, 0.25) is 0 Å². The summed E-state index contributed by atoms with van der Waals surface area (Å²) in [6.07, 6.45) is 1.66. The molecule has 92 valence electrons. The van der Waals surface area contributed by atoms with Crippen molar-refractivity contribution in [3.05, 3.63) is 57.7 Å². The van der Waals surface area contributed by atoms with Gasteiger partial charge in [0, 0.05) is 16.2 Å². The van der Waals surface area contributed by atoms with E-state index in [9.17, 15) is 4.79 Å². The van der Waals surface area contributed by atoms with Gasteiger partial charge in [0.1, 0.15) is 5.82 Å². The molecule has 0 saturated carbocycles. The third kappa shape index (κ3) is 2.76. The highest BCUT2D eigenvalue weighted by atomic mass is 79.9. The molecule has 1 N–H and O–H groups in total. The zero-order valence-corrected chi connectivity index (χ0v) is 11.8. The van der Waals surface area contributed by atoms with Crippen molar-refractivity contribution in [3.8, 4) is 0 Å². The molecule has 0 spiro atoms. The summed E-state index contributed by atoms with van der Waals surface area (Å²) in [4.78, 5) is 16.2. The average molecular weight is 305 g/mol. The molecule has 1 aromatic carbocycles. The van der Waals surface area contributed by atoms with Crippen LogP contribution in [0.3, 0.4) is 0 Å². The van der Waals surface area contributed by atoms with Gasteiger partial charge in [-0.2, -0.15) is 0 Å². The fourth-order valence-corrected chi connectivity index (χ4v) is 1.83. The molecular formula is C14H13BrN2O. The fourth-order valence-electron chi connectivity index (χ4n) is 1.58. The van der Waals surface area contributed by atoms with E-state index in [0.717, 1.165) is 15.6 Å². The number of aryl methyl sites for hydroxylation is 2. The van der Waals surface area contributed by atoms with Crippen LogP contribution >= 0.6 is 15.9 Å². The van der Waals surface area contributed by atoms with Gasteiger partial charge in [-0.25, -0.2) is 4.98 Å². The molecule has 2 aromatic rings. The molecule has 0 aliphatic heterocycles. The number of carbonyl (C=O) groups excluding carboxylic acids is 1. The van der Waals surface area contributed by atoms with Crippen molar-refractivity contribution in [3.63, 3.8) is 0 Å². The van der Waals surface area contributed by atoms with Gasteiger partial charge in [0.05, 0.1) is 0 Å². The molecule has 1 heterocycles. The van der Waals surface area contributed by atoms with Crippen molar-refractivity contribution < 1.29 is 4.79 Å². The molecule has 4 heteroatoms. The first kappa shape index (κ1) is 12.8. The van der Waals surface area contributed by atoms with Crippen LogP contribution in [0.25, 0.3) is 0 Å². The van der Waals surface area contributed by atoms with Crippen LogP contribution in [0, 0.1) is 13.8 Å². The van der Waals surface area contributed by atoms with E-state index < -0.39 is 0 Å². The number of pyridine rings is 1. The maximum atomic E-state index is 12.1. The Labute approximate surface area is 114 Å². The van der Waals surface area contributed by atoms with Crippen molar-refractivity contribution in [1.82, 2.24) is 4.98 Å². The van der Waals surface area contributed by atoms with Gasteiger partial charge in [-0.1, -0.05) is 22.0 Å². The van der Waals surface area contributed by atoms with E-state index in [0.29, 0.717) is 11.4 Å². The predicted octanol–water partition coefficient (Wildman–Crippen LogP) is 3.71. The highest BCUT2D eigenvalue weighted by molar-refractivity contribution is 9.10. The minimum absolute atomic E-state index is 0.146. The number of aromatic nitrogens is 1. The molecule has 0 atom stereocenters.